The Morgan fingerprint density at radius 2 is 1.89 bits per heavy atom. The van der Waals surface area contributed by atoms with Crippen LogP contribution in [-0.4, -0.2) is 38.7 Å². The van der Waals surface area contributed by atoms with Gasteiger partial charge in [-0.15, -0.1) is 14.9 Å². The number of carbonyl (C=O) groups excluding carboxylic acids is 3. The summed E-state index contributed by atoms with van der Waals surface area (Å²) in [6.07, 6.45) is 1.78. The van der Waals surface area contributed by atoms with Gasteiger partial charge in [0.25, 0.3) is 0 Å². The zero-order chi connectivity index (χ0) is 21.1. The maximum absolute atomic E-state index is 12.6. The minimum atomic E-state index is -0.892. The Labute approximate surface area is 162 Å². The van der Waals surface area contributed by atoms with Gasteiger partial charge in [0.15, 0.2) is 0 Å². The molecule has 1 heterocycles. The SMILES string of the molecule is C/C=C/C(OC(C)=O)c1cccc2nnn(N(C(C)=O)C(=O)OC(C)(C)C)c12. The van der Waals surface area contributed by atoms with Crippen molar-refractivity contribution in [2.24, 2.45) is 0 Å². The number of hydrogen-bond acceptors (Lipinski definition) is 7. The van der Waals surface area contributed by atoms with Crippen LogP contribution in [0.25, 0.3) is 11.0 Å². The molecule has 0 aliphatic heterocycles. The fourth-order valence-electron chi connectivity index (χ4n) is 2.56. The highest BCUT2D eigenvalue weighted by Crippen LogP contribution is 2.27. The molecule has 2 aromatic rings. The van der Waals surface area contributed by atoms with Gasteiger partial charge in [-0.05, 0) is 45.1 Å². The predicted molar refractivity (Wildman–Crippen MR) is 102 cm³/mol. The van der Waals surface area contributed by atoms with E-state index >= 15 is 0 Å². The normalized spacial score (nSPS) is 12.8. The molecule has 0 radical (unpaired) electrons. The van der Waals surface area contributed by atoms with Crippen LogP contribution in [0.3, 0.4) is 0 Å². The van der Waals surface area contributed by atoms with Crippen LogP contribution in [0.5, 0.6) is 0 Å². The number of para-hydroxylation sites is 1. The molecule has 1 atom stereocenters. The molecule has 0 bridgehead atoms. The molecular weight excluding hydrogens is 364 g/mol. The third kappa shape index (κ3) is 4.73. The highest BCUT2D eigenvalue weighted by Gasteiger charge is 2.30. The molecule has 150 valence electrons. The number of benzene rings is 1. The quantitative estimate of drug-likeness (QED) is 0.586. The smallest absolute Gasteiger partial charge is 0.438 e. The standard InChI is InChI=1S/C19H24N4O5/c1-7-9-16(27-13(3)25)14-10-8-11-15-17(14)23(21-20-15)22(12(2)24)18(26)28-19(4,5)6/h7-11,16H,1-6H3/b9-7+. The molecular formula is C19H24N4O5. The van der Waals surface area contributed by atoms with E-state index < -0.39 is 29.7 Å². The summed E-state index contributed by atoms with van der Waals surface area (Å²) in [5, 5.41) is 8.74. The monoisotopic (exact) mass is 388 g/mol. The average molecular weight is 388 g/mol. The molecule has 9 heteroatoms. The summed E-state index contributed by atoms with van der Waals surface area (Å²) in [7, 11) is 0. The number of imide groups is 1. The van der Waals surface area contributed by atoms with Crippen molar-refractivity contribution in [1.29, 1.82) is 0 Å². The van der Waals surface area contributed by atoms with Crippen molar-refractivity contribution in [1.82, 2.24) is 15.1 Å². The molecule has 0 fully saturated rings. The van der Waals surface area contributed by atoms with E-state index in [1.807, 2.05) is 0 Å². The number of carbonyl (C=O) groups is 3. The minimum absolute atomic E-state index is 0.355. The van der Waals surface area contributed by atoms with Gasteiger partial charge in [0.1, 0.15) is 22.7 Å². The Bertz CT molecular complexity index is 926. The van der Waals surface area contributed by atoms with E-state index in [9.17, 15) is 14.4 Å². The Morgan fingerprint density at radius 1 is 1.21 bits per heavy atom. The van der Waals surface area contributed by atoms with Gasteiger partial charge in [0.2, 0.25) is 5.91 Å². The van der Waals surface area contributed by atoms with E-state index in [0.717, 1.165) is 9.80 Å². The Morgan fingerprint density at radius 3 is 2.43 bits per heavy atom. The first kappa shape index (κ1) is 21.1. The topological polar surface area (TPSA) is 104 Å². The van der Waals surface area contributed by atoms with Crippen molar-refractivity contribution in [3.05, 3.63) is 35.9 Å². The van der Waals surface area contributed by atoms with Crippen LogP contribution in [0, 0.1) is 0 Å². The van der Waals surface area contributed by atoms with Gasteiger partial charge >= 0.3 is 12.1 Å². The zero-order valence-electron chi connectivity index (χ0n) is 16.8. The van der Waals surface area contributed by atoms with E-state index in [-0.39, 0.29) is 0 Å². The molecule has 2 amide bonds. The van der Waals surface area contributed by atoms with Crippen molar-refractivity contribution in [2.75, 3.05) is 5.01 Å². The molecule has 0 saturated heterocycles. The number of aromatic nitrogens is 3. The number of esters is 1. The molecule has 1 aromatic heterocycles. The molecule has 0 aliphatic carbocycles. The molecule has 0 aliphatic rings. The summed E-state index contributed by atoms with van der Waals surface area (Å²) in [5.74, 6) is -1.08. The van der Waals surface area contributed by atoms with Gasteiger partial charge < -0.3 is 9.47 Å². The number of ether oxygens (including phenoxy) is 2. The first-order chi connectivity index (χ1) is 13.0. The highest BCUT2D eigenvalue weighted by atomic mass is 16.6. The number of amides is 2. The molecule has 0 N–H and O–H groups in total. The van der Waals surface area contributed by atoms with Crippen molar-refractivity contribution in [2.45, 2.75) is 53.2 Å². The Hall–Kier alpha value is -3.23. The second kappa shape index (κ2) is 8.20. The van der Waals surface area contributed by atoms with Crippen LogP contribution in [0.4, 0.5) is 4.79 Å². The predicted octanol–water partition coefficient (Wildman–Crippen LogP) is 3.03. The molecule has 1 unspecified atom stereocenters. The maximum Gasteiger partial charge on any atom is 0.438 e. The van der Waals surface area contributed by atoms with Crippen molar-refractivity contribution in [3.63, 3.8) is 0 Å². The summed E-state index contributed by atoms with van der Waals surface area (Å²) in [6, 6.07) is 5.11. The van der Waals surface area contributed by atoms with Crippen LogP contribution in [0.1, 0.15) is 53.2 Å². The van der Waals surface area contributed by atoms with E-state index in [4.69, 9.17) is 9.47 Å². The van der Waals surface area contributed by atoms with Crippen molar-refractivity contribution < 1.29 is 23.9 Å². The fraction of sp³-hybridized carbons (Fsp3) is 0.421. The van der Waals surface area contributed by atoms with Crippen LogP contribution >= 0.6 is 0 Å². The number of allylic oxidation sites excluding steroid dienone is 1. The van der Waals surface area contributed by atoms with E-state index in [1.54, 1.807) is 58.0 Å². The summed E-state index contributed by atoms with van der Waals surface area (Å²) in [4.78, 5) is 37.5. The van der Waals surface area contributed by atoms with Gasteiger partial charge in [-0.3, -0.25) is 9.59 Å². The van der Waals surface area contributed by atoms with Gasteiger partial charge in [-0.1, -0.05) is 18.2 Å². The summed E-state index contributed by atoms with van der Waals surface area (Å²) in [6.45, 7) is 9.38. The van der Waals surface area contributed by atoms with Gasteiger partial charge in [0, 0.05) is 19.4 Å². The first-order valence-electron chi connectivity index (χ1n) is 8.73. The van der Waals surface area contributed by atoms with Crippen LogP contribution < -0.4 is 5.01 Å². The lowest BCUT2D eigenvalue weighted by Crippen LogP contribution is -2.47. The van der Waals surface area contributed by atoms with Crippen LogP contribution in [0.15, 0.2) is 30.4 Å². The van der Waals surface area contributed by atoms with E-state index in [2.05, 4.69) is 10.3 Å². The van der Waals surface area contributed by atoms with Crippen molar-refractivity contribution >= 4 is 29.0 Å². The van der Waals surface area contributed by atoms with Gasteiger partial charge in [-0.25, -0.2) is 4.79 Å². The van der Waals surface area contributed by atoms with E-state index in [0.29, 0.717) is 16.6 Å². The highest BCUT2D eigenvalue weighted by molar-refractivity contribution is 6.05. The minimum Gasteiger partial charge on any atom is -0.453 e. The third-order valence-corrected chi connectivity index (χ3v) is 3.50. The third-order valence-electron chi connectivity index (χ3n) is 3.50. The second-order valence-electron chi connectivity index (χ2n) is 7.06. The summed E-state index contributed by atoms with van der Waals surface area (Å²) in [5.41, 5.74) is 0.488. The lowest BCUT2D eigenvalue weighted by molar-refractivity contribution is -0.144. The maximum atomic E-state index is 12.6. The summed E-state index contributed by atoms with van der Waals surface area (Å²) < 4.78 is 10.7. The largest absolute Gasteiger partial charge is 0.453 e. The molecule has 1 aromatic carbocycles. The van der Waals surface area contributed by atoms with Crippen LogP contribution in [-0.2, 0) is 19.1 Å². The lowest BCUT2D eigenvalue weighted by atomic mass is 10.1. The Kier molecular flexibility index (Phi) is 6.17. The molecule has 0 saturated carbocycles. The molecule has 0 spiro atoms. The number of hydrogen-bond donors (Lipinski definition) is 0. The average Bonchev–Trinajstić information content (AvgIpc) is 2.96. The van der Waals surface area contributed by atoms with Crippen molar-refractivity contribution in [3.8, 4) is 0 Å². The zero-order valence-corrected chi connectivity index (χ0v) is 16.8. The second-order valence-corrected chi connectivity index (χ2v) is 7.06. The number of nitrogens with zero attached hydrogens (tertiary/aromatic N) is 4. The van der Waals surface area contributed by atoms with Gasteiger partial charge in [0.05, 0.1) is 0 Å². The number of fused-ring (bicyclic) bond motifs is 1. The lowest BCUT2D eigenvalue weighted by Gasteiger charge is -2.25. The molecule has 9 nitrogen and oxygen atoms in total. The summed E-state index contributed by atoms with van der Waals surface area (Å²) >= 11 is 0. The number of rotatable bonds is 4. The van der Waals surface area contributed by atoms with E-state index in [1.165, 1.54) is 13.8 Å². The van der Waals surface area contributed by atoms with Crippen LogP contribution in [0.2, 0.25) is 0 Å². The fourth-order valence-corrected chi connectivity index (χ4v) is 2.56. The molecule has 2 rings (SSSR count). The Balaban J connectivity index is 2.66. The van der Waals surface area contributed by atoms with Gasteiger partial charge in [-0.2, -0.15) is 0 Å². The first-order valence-corrected chi connectivity index (χ1v) is 8.73. The molecule has 28 heavy (non-hydrogen) atoms.